The molecule has 3 rings (SSSR count). The fourth-order valence-corrected chi connectivity index (χ4v) is 1.64. The number of nitrogens with one attached hydrogen (secondary N) is 1. The SMILES string of the molecule is C1=C2NCC=C2Oc2ccccc21. The third-order valence-corrected chi connectivity index (χ3v) is 2.28. The summed E-state index contributed by atoms with van der Waals surface area (Å²) in [6, 6.07) is 8.05. The van der Waals surface area contributed by atoms with Crippen molar-refractivity contribution >= 4 is 6.08 Å². The maximum absolute atomic E-state index is 5.69. The van der Waals surface area contributed by atoms with Gasteiger partial charge in [-0.05, 0) is 18.2 Å². The second-order valence-electron chi connectivity index (χ2n) is 3.15. The Balaban J connectivity index is 2.18. The van der Waals surface area contributed by atoms with Crippen molar-refractivity contribution in [2.45, 2.75) is 0 Å². The Kier molecular flexibility index (Phi) is 1.25. The molecule has 2 aliphatic rings. The average Bonchev–Trinajstić information content (AvgIpc) is 2.61. The standard InChI is InChI=1S/C11H9NO/c1-2-4-10-8(3-1)7-9-11(13-10)5-6-12-9/h1-5,7,12H,6H2. The van der Waals surface area contributed by atoms with Gasteiger partial charge in [-0.1, -0.05) is 18.2 Å². The maximum Gasteiger partial charge on any atom is 0.148 e. The fraction of sp³-hybridized carbons (Fsp3) is 0.0909. The first-order chi connectivity index (χ1) is 6.43. The molecule has 0 atom stereocenters. The predicted octanol–water partition coefficient (Wildman–Crippen LogP) is 1.91. The zero-order valence-electron chi connectivity index (χ0n) is 7.08. The van der Waals surface area contributed by atoms with E-state index in [4.69, 9.17) is 4.74 Å². The number of benzene rings is 1. The summed E-state index contributed by atoms with van der Waals surface area (Å²) < 4.78 is 5.69. The average molecular weight is 171 g/mol. The van der Waals surface area contributed by atoms with Gasteiger partial charge >= 0.3 is 0 Å². The summed E-state index contributed by atoms with van der Waals surface area (Å²) in [5.41, 5.74) is 2.24. The Morgan fingerprint density at radius 3 is 3.15 bits per heavy atom. The van der Waals surface area contributed by atoms with Crippen LogP contribution in [0, 0.1) is 0 Å². The third kappa shape index (κ3) is 0.952. The van der Waals surface area contributed by atoms with Crippen molar-refractivity contribution in [2.75, 3.05) is 6.54 Å². The van der Waals surface area contributed by atoms with E-state index >= 15 is 0 Å². The minimum absolute atomic E-state index is 0.870. The van der Waals surface area contributed by atoms with Crippen LogP contribution in [0.15, 0.2) is 41.8 Å². The quantitative estimate of drug-likeness (QED) is 0.643. The molecule has 1 aromatic rings. The van der Waals surface area contributed by atoms with E-state index in [2.05, 4.69) is 23.5 Å². The van der Waals surface area contributed by atoms with E-state index in [0.717, 1.165) is 29.3 Å². The van der Waals surface area contributed by atoms with Gasteiger partial charge in [-0.15, -0.1) is 0 Å². The molecule has 1 aromatic carbocycles. The van der Waals surface area contributed by atoms with E-state index in [1.807, 2.05) is 18.2 Å². The van der Waals surface area contributed by atoms with Gasteiger partial charge < -0.3 is 10.1 Å². The molecule has 0 radical (unpaired) electrons. The van der Waals surface area contributed by atoms with Crippen molar-refractivity contribution in [3.8, 4) is 5.75 Å². The first-order valence-electron chi connectivity index (χ1n) is 4.36. The molecule has 0 aromatic heterocycles. The lowest BCUT2D eigenvalue weighted by molar-refractivity contribution is 0.431. The normalized spacial score (nSPS) is 17.5. The molecular formula is C11H9NO. The van der Waals surface area contributed by atoms with Crippen LogP contribution in [0.1, 0.15) is 5.56 Å². The molecule has 0 spiro atoms. The molecule has 1 N–H and O–H groups in total. The van der Waals surface area contributed by atoms with E-state index in [0.29, 0.717) is 0 Å². The molecule has 2 aliphatic heterocycles. The minimum Gasteiger partial charge on any atom is -0.455 e. The minimum atomic E-state index is 0.870. The number of hydrogen-bond acceptors (Lipinski definition) is 2. The van der Waals surface area contributed by atoms with Crippen LogP contribution in [0.3, 0.4) is 0 Å². The van der Waals surface area contributed by atoms with Crippen LogP contribution in [0.4, 0.5) is 0 Å². The van der Waals surface area contributed by atoms with Gasteiger partial charge in [0.1, 0.15) is 11.5 Å². The van der Waals surface area contributed by atoms with E-state index in [9.17, 15) is 0 Å². The van der Waals surface area contributed by atoms with Crippen LogP contribution in [0.25, 0.3) is 6.08 Å². The summed E-state index contributed by atoms with van der Waals surface area (Å²) in [4.78, 5) is 0. The lowest BCUT2D eigenvalue weighted by Gasteiger charge is -2.16. The Morgan fingerprint density at radius 1 is 1.23 bits per heavy atom. The summed E-state index contributed by atoms with van der Waals surface area (Å²) in [5, 5.41) is 3.24. The molecule has 0 bridgehead atoms. The molecule has 0 unspecified atom stereocenters. The highest BCUT2D eigenvalue weighted by Gasteiger charge is 2.19. The molecule has 2 heteroatoms. The molecule has 0 saturated carbocycles. The second kappa shape index (κ2) is 2.39. The van der Waals surface area contributed by atoms with Gasteiger partial charge in [0.2, 0.25) is 0 Å². The summed E-state index contributed by atoms with van der Waals surface area (Å²) in [5.74, 6) is 1.90. The molecule has 2 nitrogen and oxygen atoms in total. The lowest BCUT2D eigenvalue weighted by Crippen LogP contribution is -2.11. The van der Waals surface area contributed by atoms with Crippen LogP contribution in [-0.4, -0.2) is 6.54 Å². The Bertz CT molecular complexity index is 418. The van der Waals surface area contributed by atoms with Gasteiger partial charge in [0.15, 0.2) is 0 Å². The van der Waals surface area contributed by atoms with E-state index in [1.165, 1.54) is 0 Å². The zero-order valence-corrected chi connectivity index (χ0v) is 7.08. The monoisotopic (exact) mass is 171 g/mol. The molecular weight excluding hydrogens is 162 g/mol. The zero-order chi connectivity index (χ0) is 8.67. The van der Waals surface area contributed by atoms with Gasteiger partial charge in [0.25, 0.3) is 0 Å². The number of fused-ring (bicyclic) bond motifs is 2. The van der Waals surface area contributed by atoms with Crippen LogP contribution in [-0.2, 0) is 0 Å². The largest absolute Gasteiger partial charge is 0.455 e. The van der Waals surface area contributed by atoms with Crippen LogP contribution >= 0.6 is 0 Å². The topological polar surface area (TPSA) is 21.3 Å². The highest BCUT2D eigenvalue weighted by molar-refractivity contribution is 5.67. The molecule has 0 saturated heterocycles. The van der Waals surface area contributed by atoms with Crippen molar-refractivity contribution in [2.24, 2.45) is 0 Å². The lowest BCUT2D eigenvalue weighted by atomic mass is 10.1. The summed E-state index contributed by atoms with van der Waals surface area (Å²) in [7, 11) is 0. The molecule has 64 valence electrons. The summed E-state index contributed by atoms with van der Waals surface area (Å²) in [6.07, 6.45) is 4.18. The van der Waals surface area contributed by atoms with Crippen molar-refractivity contribution in [3.05, 3.63) is 47.4 Å². The second-order valence-corrected chi connectivity index (χ2v) is 3.15. The number of hydrogen-bond donors (Lipinski definition) is 1. The van der Waals surface area contributed by atoms with Gasteiger partial charge in [-0.2, -0.15) is 0 Å². The van der Waals surface area contributed by atoms with E-state index < -0.39 is 0 Å². The summed E-state index contributed by atoms with van der Waals surface area (Å²) in [6.45, 7) is 0.870. The van der Waals surface area contributed by atoms with Crippen molar-refractivity contribution in [1.82, 2.24) is 5.32 Å². The van der Waals surface area contributed by atoms with Crippen molar-refractivity contribution in [1.29, 1.82) is 0 Å². The smallest absolute Gasteiger partial charge is 0.148 e. The van der Waals surface area contributed by atoms with Crippen molar-refractivity contribution in [3.63, 3.8) is 0 Å². The van der Waals surface area contributed by atoms with E-state index in [1.54, 1.807) is 0 Å². The summed E-state index contributed by atoms with van der Waals surface area (Å²) >= 11 is 0. The predicted molar refractivity (Wildman–Crippen MR) is 51.1 cm³/mol. The van der Waals surface area contributed by atoms with Gasteiger partial charge in [0, 0.05) is 12.1 Å². The van der Waals surface area contributed by atoms with Gasteiger partial charge in [0.05, 0.1) is 5.70 Å². The van der Waals surface area contributed by atoms with Gasteiger partial charge in [-0.3, -0.25) is 0 Å². The van der Waals surface area contributed by atoms with Gasteiger partial charge in [-0.25, -0.2) is 0 Å². The van der Waals surface area contributed by atoms with Crippen molar-refractivity contribution < 1.29 is 4.74 Å². The number of para-hydroxylation sites is 1. The number of rotatable bonds is 0. The molecule has 0 aliphatic carbocycles. The first-order valence-corrected chi connectivity index (χ1v) is 4.36. The molecule has 13 heavy (non-hydrogen) atoms. The third-order valence-electron chi connectivity index (χ3n) is 2.28. The molecule has 0 fully saturated rings. The molecule has 0 amide bonds. The van der Waals surface area contributed by atoms with Crippen LogP contribution in [0.2, 0.25) is 0 Å². The Labute approximate surface area is 76.5 Å². The van der Waals surface area contributed by atoms with Crippen LogP contribution < -0.4 is 10.1 Å². The Morgan fingerprint density at radius 2 is 2.15 bits per heavy atom. The van der Waals surface area contributed by atoms with Crippen LogP contribution in [0.5, 0.6) is 5.75 Å². The Hall–Kier alpha value is -1.70. The highest BCUT2D eigenvalue weighted by atomic mass is 16.5. The number of ether oxygens (including phenoxy) is 1. The van der Waals surface area contributed by atoms with E-state index in [-0.39, 0.29) is 0 Å². The molecule has 2 heterocycles. The maximum atomic E-state index is 5.69. The fourth-order valence-electron chi connectivity index (χ4n) is 1.64. The highest BCUT2D eigenvalue weighted by Crippen LogP contribution is 2.31. The first kappa shape index (κ1) is 6.78.